The van der Waals surface area contributed by atoms with Crippen LogP contribution in [0.3, 0.4) is 0 Å². The molecule has 0 aromatic carbocycles. The maximum atomic E-state index is 11.3. The number of guanidine groups is 1. The number of amides is 1. The van der Waals surface area contributed by atoms with Gasteiger partial charge in [-0.2, -0.15) is 0 Å². The van der Waals surface area contributed by atoms with Crippen LogP contribution >= 0.6 is 0 Å². The number of nitrogens with one attached hydrogen (secondary N) is 2. The molecule has 1 atom stereocenters. The summed E-state index contributed by atoms with van der Waals surface area (Å²) in [4.78, 5) is 15.5. The summed E-state index contributed by atoms with van der Waals surface area (Å²) in [6.07, 6.45) is 2.88. The van der Waals surface area contributed by atoms with Gasteiger partial charge in [-0.15, -0.1) is 0 Å². The van der Waals surface area contributed by atoms with Crippen molar-refractivity contribution in [2.24, 2.45) is 4.99 Å². The minimum Gasteiger partial charge on any atom is -0.344 e. The van der Waals surface area contributed by atoms with Crippen LogP contribution in [0.15, 0.2) is 4.99 Å². The van der Waals surface area contributed by atoms with E-state index in [0.717, 1.165) is 25.8 Å². The first-order chi connectivity index (χ1) is 6.27. The zero-order valence-electron chi connectivity index (χ0n) is 8.26. The number of carbonyl (C=O) groups excluding carboxylic acids is 1. The third-order valence-electron chi connectivity index (χ3n) is 1.94. The molecular formula is C9H17N3O. The van der Waals surface area contributed by atoms with Crippen molar-refractivity contribution in [3.63, 3.8) is 0 Å². The van der Waals surface area contributed by atoms with E-state index in [0.29, 0.717) is 5.96 Å². The topological polar surface area (TPSA) is 53.5 Å². The van der Waals surface area contributed by atoms with Crippen LogP contribution in [0.5, 0.6) is 0 Å². The molecule has 1 rings (SSSR count). The highest BCUT2D eigenvalue weighted by molar-refractivity contribution is 6.06. The van der Waals surface area contributed by atoms with E-state index in [1.165, 1.54) is 0 Å². The standard InChI is InChI=1S/C9H17N3O/c1-3-5-7-8(13)12-9(11-7)10-6-4-2/h7H,3-6H2,1-2H3,(H2,10,11,12,13). The van der Waals surface area contributed by atoms with Crippen molar-refractivity contribution in [1.29, 1.82) is 0 Å². The van der Waals surface area contributed by atoms with E-state index >= 15 is 0 Å². The summed E-state index contributed by atoms with van der Waals surface area (Å²) >= 11 is 0. The van der Waals surface area contributed by atoms with Gasteiger partial charge in [0.15, 0.2) is 5.96 Å². The Kier molecular flexibility index (Phi) is 3.73. The Labute approximate surface area is 78.8 Å². The molecule has 2 N–H and O–H groups in total. The molecule has 4 heteroatoms. The van der Waals surface area contributed by atoms with Crippen LogP contribution in [0.1, 0.15) is 33.1 Å². The fraction of sp³-hybridized carbons (Fsp3) is 0.778. The van der Waals surface area contributed by atoms with Crippen LogP contribution in [0.25, 0.3) is 0 Å². The molecule has 0 aromatic heterocycles. The molecule has 1 unspecified atom stereocenters. The Morgan fingerprint density at radius 3 is 2.77 bits per heavy atom. The van der Waals surface area contributed by atoms with Crippen LogP contribution in [0.2, 0.25) is 0 Å². The Hall–Kier alpha value is -1.06. The summed E-state index contributed by atoms with van der Waals surface area (Å²) in [5.74, 6) is 0.696. The highest BCUT2D eigenvalue weighted by atomic mass is 16.2. The largest absolute Gasteiger partial charge is 0.344 e. The van der Waals surface area contributed by atoms with Crippen molar-refractivity contribution in [1.82, 2.24) is 10.6 Å². The van der Waals surface area contributed by atoms with Crippen molar-refractivity contribution < 1.29 is 4.79 Å². The second-order valence-corrected chi connectivity index (χ2v) is 3.21. The first kappa shape index (κ1) is 10.0. The van der Waals surface area contributed by atoms with Crippen LogP contribution < -0.4 is 10.6 Å². The van der Waals surface area contributed by atoms with E-state index in [4.69, 9.17) is 0 Å². The van der Waals surface area contributed by atoms with Gasteiger partial charge in [0, 0.05) is 6.54 Å². The summed E-state index contributed by atoms with van der Waals surface area (Å²) in [7, 11) is 0. The SMILES string of the molecule is CCCN=C1NC(=O)C(CCC)N1. The third-order valence-corrected chi connectivity index (χ3v) is 1.94. The molecule has 1 heterocycles. The summed E-state index contributed by atoms with van der Waals surface area (Å²) in [6.45, 7) is 4.89. The lowest BCUT2D eigenvalue weighted by Gasteiger charge is -2.03. The Bertz CT molecular complexity index is 213. The second kappa shape index (κ2) is 4.84. The summed E-state index contributed by atoms with van der Waals surface area (Å²) < 4.78 is 0. The van der Waals surface area contributed by atoms with Gasteiger partial charge in [0.05, 0.1) is 0 Å². The number of rotatable bonds is 4. The summed E-state index contributed by atoms with van der Waals surface area (Å²) in [5, 5.41) is 5.79. The van der Waals surface area contributed by atoms with Gasteiger partial charge in [-0.1, -0.05) is 20.3 Å². The van der Waals surface area contributed by atoms with E-state index < -0.39 is 0 Å². The lowest BCUT2D eigenvalue weighted by atomic mass is 10.2. The lowest BCUT2D eigenvalue weighted by molar-refractivity contribution is -0.120. The number of hydrogen-bond acceptors (Lipinski definition) is 2. The highest BCUT2D eigenvalue weighted by Gasteiger charge is 2.26. The molecule has 0 spiro atoms. The van der Waals surface area contributed by atoms with E-state index in [1.807, 2.05) is 0 Å². The van der Waals surface area contributed by atoms with E-state index in [2.05, 4.69) is 29.5 Å². The molecule has 0 bridgehead atoms. The number of hydrogen-bond donors (Lipinski definition) is 2. The zero-order valence-corrected chi connectivity index (χ0v) is 8.26. The molecule has 1 saturated heterocycles. The molecule has 1 amide bonds. The fourth-order valence-corrected chi connectivity index (χ4v) is 1.27. The molecule has 13 heavy (non-hydrogen) atoms. The second-order valence-electron chi connectivity index (χ2n) is 3.21. The van der Waals surface area contributed by atoms with Gasteiger partial charge in [-0.05, 0) is 12.8 Å². The number of aliphatic imine (C=N–C) groups is 1. The quantitative estimate of drug-likeness (QED) is 0.672. The third kappa shape index (κ3) is 2.72. The van der Waals surface area contributed by atoms with E-state index in [1.54, 1.807) is 0 Å². The Balaban J connectivity index is 2.44. The summed E-state index contributed by atoms with van der Waals surface area (Å²) in [5.41, 5.74) is 0. The van der Waals surface area contributed by atoms with Gasteiger partial charge in [-0.25, -0.2) is 0 Å². The molecule has 1 aliphatic heterocycles. The molecular weight excluding hydrogens is 166 g/mol. The first-order valence-electron chi connectivity index (χ1n) is 4.89. The minimum atomic E-state index is -0.0689. The van der Waals surface area contributed by atoms with Gasteiger partial charge in [-0.3, -0.25) is 15.1 Å². The predicted molar refractivity (Wildman–Crippen MR) is 52.6 cm³/mol. The van der Waals surface area contributed by atoms with Gasteiger partial charge >= 0.3 is 0 Å². The van der Waals surface area contributed by atoms with Crippen LogP contribution in [0.4, 0.5) is 0 Å². The van der Waals surface area contributed by atoms with Crippen molar-refractivity contribution >= 4 is 11.9 Å². The molecule has 4 nitrogen and oxygen atoms in total. The molecule has 0 radical (unpaired) electrons. The molecule has 1 aliphatic rings. The Morgan fingerprint density at radius 2 is 2.15 bits per heavy atom. The van der Waals surface area contributed by atoms with Gasteiger partial charge in [0.2, 0.25) is 5.91 Å². The highest BCUT2D eigenvalue weighted by Crippen LogP contribution is 2.01. The monoisotopic (exact) mass is 183 g/mol. The minimum absolute atomic E-state index is 0.0525. The van der Waals surface area contributed by atoms with Crippen LogP contribution in [-0.2, 0) is 4.79 Å². The van der Waals surface area contributed by atoms with E-state index in [-0.39, 0.29) is 11.9 Å². The van der Waals surface area contributed by atoms with Gasteiger partial charge < -0.3 is 5.32 Å². The van der Waals surface area contributed by atoms with Gasteiger partial charge in [0.25, 0.3) is 0 Å². The fourth-order valence-electron chi connectivity index (χ4n) is 1.27. The molecule has 0 saturated carbocycles. The lowest BCUT2D eigenvalue weighted by Crippen LogP contribution is -2.29. The smallest absolute Gasteiger partial charge is 0.249 e. The van der Waals surface area contributed by atoms with Crippen molar-refractivity contribution in [3.05, 3.63) is 0 Å². The average molecular weight is 183 g/mol. The normalized spacial score (nSPS) is 24.6. The number of carbonyl (C=O) groups is 1. The van der Waals surface area contributed by atoms with Crippen molar-refractivity contribution in [2.75, 3.05) is 6.54 Å². The van der Waals surface area contributed by atoms with Gasteiger partial charge in [0.1, 0.15) is 6.04 Å². The maximum absolute atomic E-state index is 11.3. The number of nitrogens with zero attached hydrogens (tertiary/aromatic N) is 1. The molecule has 0 aliphatic carbocycles. The van der Waals surface area contributed by atoms with Crippen LogP contribution in [-0.4, -0.2) is 24.5 Å². The van der Waals surface area contributed by atoms with Crippen molar-refractivity contribution in [2.45, 2.75) is 39.2 Å². The zero-order chi connectivity index (χ0) is 9.68. The van der Waals surface area contributed by atoms with E-state index in [9.17, 15) is 4.79 Å². The molecule has 0 aromatic rings. The predicted octanol–water partition coefficient (Wildman–Crippen LogP) is 0.640. The molecule has 1 fully saturated rings. The average Bonchev–Trinajstić information content (AvgIpc) is 2.45. The summed E-state index contributed by atoms with van der Waals surface area (Å²) in [6, 6.07) is -0.0689. The Morgan fingerprint density at radius 1 is 1.38 bits per heavy atom. The maximum Gasteiger partial charge on any atom is 0.249 e. The van der Waals surface area contributed by atoms with Crippen molar-refractivity contribution in [3.8, 4) is 0 Å². The molecule has 74 valence electrons. The first-order valence-corrected chi connectivity index (χ1v) is 4.89. The van der Waals surface area contributed by atoms with Crippen LogP contribution in [0, 0.1) is 0 Å².